The first-order valence-electron chi connectivity index (χ1n) is 21.9. The van der Waals surface area contributed by atoms with Crippen molar-refractivity contribution in [2.45, 2.75) is 41.5 Å². The summed E-state index contributed by atoms with van der Waals surface area (Å²) in [4.78, 5) is 20.6. The lowest BCUT2D eigenvalue weighted by atomic mass is 9.97. The van der Waals surface area contributed by atoms with Gasteiger partial charge in [-0.05, 0) is 133 Å². The Morgan fingerprint density at radius 2 is 0.766 bits per heavy atom. The first-order valence-corrected chi connectivity index (χ1v) is 21.9. The summed E-state index contributed by atoms with van der Waals surface area (Å²) in [7, 11) is 0. The van der Waals surface area contributed by atoms with Crippen LogP contribution in [0.3, 0.4) is 0 Å². The number of aryl methyl sites for hydroxylation is 6. The van der Waals surface area contributed by atoms with E-state index in [1.54, 1.807) is 0 Å². The lowest BCUT2D eigenvalue weighted by Gasteiger charge is -2.32. The van der Waals surface area contributed by atoms with Crippen molar-refractivity contribution in [1.82, 2.24) is 15.0 Å². The molecule has 0 aliphatic carbocycles. The molecule has 10 aromatic rings. The fraction of sp³-hybridized carbons (Fsp3) is 0.102. The molecular weight excluding hydrogens is 779 g/mol. The average Bonchev–Trinajstić information content (AvgIpc) is 3.31. The lowest BCUT2D eigenvalue weighted by molar-refractivity contribution is 1.02. The topological polar surface area (TPSA) is 45.2 Å². The third-order valence-electron chi connectivity index (χ3n) is 12.1. The number of nitrogens with zero attached hydrogens (tertiary/aromatic N) is 5. The Morgan fingerprint density at radius 1 is 0.328 bits per heavy atom. The van der Waals surface area contributed by atoms with Crippen molar-refractivity contribution >= 4 is 55.9 Å². The zero-order valence-corrected chi connectivity index (χ0v) is 37.1. The minimum atomic E-state index is 0.518. The molecule has 0 amide bonds. The van der Waals surface area contributed by atoms with Gasteiger partial charge >= 0.3 is 0 Å². The molecule has 0 radical (unpaired) electrons. The Morgan fingerprint density at radius 3 is 1.31 bits per heavy atom. The average molecular weight is 828 g/mol. The smallest absolute Gasteiger partial charge is 0.238 e. The SMILES string of the molecule is Cc1cc(C)c(N(c2ccc(N(c3nc(-c4ccccc4)nc(-c4ccc5ccccc5c4)n3)c3cc4ccccc4cc3-c3ccccc3)cc2)c2c(C)cc(C)cc2C)c(C)c1. The molecule has 0 saturated carbocycles. The summed E-state index contributed by atoms with van der Waals surface area (Å²) < 4.78 is 0. The maximum Gasteiger partial charge on any atom is 0.238 e. The first kappa shape index (κ1) is 40.2. The zero-order valence-electron chi connectivity index (χ0n) is 37.1. The van der Waals surface area contributed by atoms with E-state index in [9.17, 15) is 0 Å². The van der Waals surface area contributed by atoms with Crippen LogP contribution in [0.1, 0.15) is 33.4 Å². The molecule has 0 unspecified atom stereocenters. The molecule has 1 aromatic heterocycles. The third kappa shape index (κ3) is 7.67. The highest BCUT2D eigenvalue weighted by Crippen LogP contribution is 2.46. The molecule has 0 fully saturated rings. The second kappa shape index (κ2) is 16.8. The van der Waals surface area contributed by atoms with E-state index in [1.165, 1.54) is 44.8 Å². The van der Waals surface area contributed by atoms with Crippen molar-refractivity contribution in [2.24, 2.45) is 0 Å². The minimum absolute atomic E-state index is 0.518. The van der Waals surface area contributed by atoms with Crippen LogP contribution in [0.25, 0.3) is 55.4 Å². The molecule has 9 aromatic carbocycles. The second-order valence-corrected chi connectivity index (χ2v) is 17.0. The van der Waals surface area contributed by atoms with Crippen molar-refractivity contribution in [3.8, 4) is 33.9 Å². The largest absolute Gasteiger partial charge is 0.309 e. The number of hydrogen-bond donors (Lipinski definition) is 0. The molecule has 0 aliphatic rings. The van der Waals surface area contributed by atoms with Crippen LogP contribution < -0.4 is 9.80 Å². The lowest BCUT2D eigenvalue weighted by Crippen LogP contribution is -2.18. The van der Waals surface area contributed by atoms with Gasteiger partial charge in [-0.15, -0.1) is 0 Å². The van der Waals surface area contributed by atoms with Gasteiger partial charge in [0.25, 0.3) is 0 Å². The molecular formula is C59H49N5. The van der Waals surface area contributed by atoms with Gasteiger partial charge in [-0.3, -0.25) is 4.90 Å². The molecule has 0 bridgehead atoms. The summed E-state index contributed by atoms with van der Waals surface area (Å²) >= 11 is 0. The Balaban J connectivity index is 1.24. The highest BCUT2D eigenvalue weighted by molar-refractivity contribution is 5.98. The zero-order chi connectivity index (χ0) is 43.9. The molecule has 5 nitrogen and oxygen atoms in total. The Labute approximate surface area is 376 Å². The molecule has 0 aliphatic heterocycles. The van der Waals surface area contributed by atoms with Crippen LogP contribution in [-0.4, -0.2) is 15.0 Å². The van der Waals surface area contributed by atoms with Gasteiger partial charge < -0.3 is 4.90 Å². The summed E-state index contributed by atoms with van der Waals surface area (Å²) in [6.07, 6.45) is 0. The van der Waals surface area contributed by atoms with Crippen molar-refractivity contribution in [3.63, 3.8) is 0 Å². The molecule has 0 N–H and O–H groups in total. The summed E-state index contributed by atoms with van der Waals surface area (Å²) in [6, 6.07) is 66.8. The fourth-order valence-electron chi connectivity index (χ4n) is 9.43. The molecule has 1 heterocycles. The molecule has 310 valence electrons. The molecule has 0 spiro atoms. The van der Waals surface area contributed by atoms with Crippen molar-refractivity contribution in [1.29, 1.82) is 0 Å². The standard InChI is InChI=1S/C59H49N5/c1-38-31-40(3)55(41(4)32-38)64(56-42(5)33-39(2)34-43(56)6)52-29-27-51(28-30-52)63(54-37-49-24-16-15-23-48(49)36-53(54)45-18-9-7-10-19-45)59-61-57(46-20-11-8-12-21-46)60-58(62-59)50-26-25-44-17-13-14-22-47(44)35-50/h7-37H,1-6H3. The number of aromatic nitrogens is 3. The monoisotopic (exact) mass is 827 g/mol. The molecule has 10 rings (SSSR count). The van der Waals surface area contributed by atoms with Gasteiger partial charge in [0.15, 0.2) is 11.6 Å². The minimum Gasteiger partial charge on any atom is -0.309 e. The van der Waals surface area contributed by atoms with Gasteiger partial charge in [0.05, 0.1) is 17.1 Å². The summed E-state index contributed by atoms with van der Waals surface area (Å²) in [5, 5.41) is 4.56. The predicted octanol–water partition coefficient (Wildman–Crippen LogP) is 16.0. The number of rotatable bonds is 9. The second-order valence-electron chi connectivity index (χ2n) is 17.0. The fourth-order valence-corrected chi connectivity index (χ4v) is 9.43. The van der Waals surface area contributed by atoms with Gasteiger partial charge in [0.1, 0.15) is 0 Å². The van der Waals surface area contributed by atoms with Gasteiger partial charge in [-0.1, -0.05) is 157 Å². The Hall–Kier alpha value is -7.89. The highest BCUT2D eigenvalue weighted by atomic mass is 15.3. The van der Waals surface area contributed by atoms with Crippen molar-refractivity contribution in [2.75, 3.05) is 9.80 Å². The maximum atomic E-state index is 5.41. The van der Waals surface area contributed by atoms with Crippen LogP contribution in [0.4, 0.5) is 34.4 Å². The van der Waals surface area contributed by atoms with Crippen LogP contribution in [0, 0.1) is 41.5 Å². The Kier molecular flexibility index (Phi) is 10.5. The highest BCUT2D eigenvalue weighted by Gasteiger charge is 2.26. The van der Waals surface area contributed by atoms with E-state index in [1.807, 2.05) is 18.2 Å². The van der Waals surface area contributed by atoms with Gasteiger partial charge in [0.2, 0.25) is 5.95 Å². The number of benzene rings is 9. The molecule has 0 saturated heterocycles. The summed E-state index contributed by atoms with van der Waals surface area (Å²) in [5.41, 5.74) is 16.7. The van der Waals surface area contributed by atoms with Crippen LogP contribution in [0.15, 0.2) is 188 Å². The van der Waals surface area contributed by atoms with E-state index in [-0.39, 0.29) is 0 Å². The van der Waals surface area contributed by atoms with Crippen LogP contribution in [0.2, 0.25) is 0 Å². The summed E-state index contributed by atoms with van der Waals surface area (Å²) in [6.45, 7) is 13.2. The van der Waals surface area contributed by atoms with E-state index in [2.05, 4.69) is 221 Å². The van der Waals surface area contributed by atoms with Gasteiger partial charge in [0, 0.05) is 28.1 Å². The van der Waals surface area contributed by atoms with E-state index in [0.29, 0.717) is 17.6 Å². The van der Waals surface area contributed by atoms with Crippen LogP contribution in [0.5, 0.6) is 0 Å². The Bertz CT molecular complexity index is 3240. The van der Waals surface area contributed by atoms with Crippen molar-refractivity contribution in [3.05, 3.63) is 221 Å². The predicted molar refractivity (Wildman–Crippen MR) is 269 cm³/mol. The normalized spacial score (nSPS) is 11.3. The van der Waals surface area contributed by atoms with E-state index < -0.39 is 0 Å². The molecule has 0 atom stereocenters. The third-order valence-corrected chi connectivity index (χ3v) is 12.1. The van der Waals surface area contributed by atoms with E-state index >= 15 is 0 Å². The summed E-state index contributed by atoms with van der Waals surface area (Å²) in [5.74, 6) is 1.71. The van der Waals surface area contributed by atoms with Gasteiger partial charge in [-0.25, -0.2) is 4.98 Å². The number of hydrogen-bond acceptors (Lipinski definition) is 5. The molecule has 64 heavy (non-hydrogen) atoms. The maximum absolute atomic E-state index is 5.41. The first-order chi connectivity index (χ1) is 31.2. The van der Waals surface area contributed by atoms with Gasteiger partial charge in [-0.2, -0.15) is 9.97 Å². The quantitative estimate of drug-likeness (QED) is 0.145. The van der Waals surface area contributed by atoms with Crippen LogP contribution >= 0.6 is 0 Å². The van der Waals surface area contributed by atoms with Crippen molar-refractivity contribution < 1.29 is 0 Å². The number of fused-ring (bicyclic) bond motifs is 2. The van der Waals surface area contributed by atoms with E-state index in [0.717, 1.165) is 60.9 Å². The number of anilines is 6. The van der Waals surface area contributed by atoms with Crippen LogP contribution in [-0.2, 0) is 0 Å². The van der Waals surface area contributed by atoms with E-state index in [4.69, 9.17) is 15.0 Å². The molecule has 5 heteroatoms.